The standard InChI is InChI=1S/C9H14N2O4/c1-5-2-3-11-8(13)6(4-12)7(10-15)9(5,11)14/h4-7,10,14-15H,2-3H2,1H3/t5?,6-,7+,9+/m0/s1. The maximum absolute atomic E-state index is 11.7. The molecule has 6 heteroatoms. The molecule has 0 radical (unpaired) electrons. The Labute approximate surface area is 86.8 Å². The lowest BCUT2D eigenvalue weighted by Crippen LogP contribution is -2.56. The Hall–Kier alpha value is -0.980. The third-order valence-electron chi connectivity index (χ3n) is 3.60. The molecular formula is C9H14N2O4. The lowest BCUT2D eigenvalue weighted by Gasteiger charge is -2.34. The highest BCUT2D eigenvalue weighted by atomic mass is 16.5. The van der Waals surface area contributed by atoms with Crippen LogP contribution in [0.5, 0.6) is 0 Å². The number of rotatable bonds is 2. The number of amides is 1. The fourth-order valence-corrected chi connectivity index (χ4v) is 2.64. The van der Waals surface area contributed by atoms with Gasteiger partial charge in [0.1, 0.15) is 12.2 Å². The van der Waals surface area contributed by atoms with Gasteiger partial charge in [0.25, 0.3) is 0 Å². The highest BCUT2D eigenvalue weighted by Crippen LogP contribution is 2.43. The molecule has 15 heavy (non-hydrogen) atoms. The van der Waals surface area contributed by atoms with Gasteiger partial charge in [0.15, 0.2) is 5.72 Å². The Morgan fingerprint density at radius 2 is 2.33 bits per heavy atom. The molecule has 2 saturated heterocycles. The minimum Gasteiger partial charge on any atom is -0.369 e. The zero-order valence-electron chi connectivity index (χ0n) is 8.38. The number of hydrogen-bond acceptors (Lipinski definition) is 5. The number of nitrogens with one attached hydrogen (secondary N) is 1. The zero-order chi connectivity index (χ0) is 11.2. The first-order valence-electron chi connectivity index (χ1n) is 4.96. The van der Waals surface area contributed by atoms with Crippen molar-refractivity contribution in [3.05, 3.63) is 0 Å². The summed E-state index contributed by atoms with van der Waals surface area (Å²) in [7, 11) is 0. The second kappa shape index (κ2) is 3.26. The predicted octanol–water partition coefficient (Wildman–Crippen LogP) is -1.28. The monoisotopic (exact) mass is 214 g/mol. The van der Waals surface area contributed by atoms with Crippen molar-refractivity contribution in [3.63, 3.8) is 0 Å². The summed E-state index contributed by atoms with van der Waals surface area (Å²) in [6.45, 7) is 2.23. The average Bonchev–Trinajstić information content (AvgIpc) is 2.62. The largest absolute Gasteiger partial charge is 0.369 e. The summed E-state index contributed by atoms with van der Waals surface area (Å²) in [6.07, 6.45) is 1.14. The molecular weight excluding hydrogens is 200 g/mol. The Balaban J connectivity index is 2.42. The van der Waals surface area contributed by atoms with E-state index in [4.69, 9.17) is 5.21 Å². The van der Waals surface area contributed by atoms with Gasteiger partial charge in [-0.2, -0.15) is 5.48 Å². The summed E-state index contributed by atoms with van der Waals surface area (Å²) in [5, 5.41) is 19.3. The van der Waals surface area contributed by atoms with Crippen LogP contribution in [0.1, 0.15) is 13.3 Å². The molecule has 0 aromatic rings. The summed E-state index contributed by atoms with van der Waals surface area (Å²) in [5.41, 5.74) is 0.461. The third kappa shape index (κ3) is 1.09. The molecule has 2 rings (SSSR count). The van der Waals surface area contributed by atoms with Gasteiger partial charge in [0.2, 0.25) is 5.91 Å². The van der Waals surface area contributed by atoms with Gasteiger partial charge in [-0.15, -0.1) is 0 Å². The molecule has 6 nitrogen and oxygen atoms in total. The van der Waals surface area contributed by atoms with Gasteiger partial charge >= 0.3 is 0 Å². The Morgan fingerprint density at radius 1 is 1.67 bits per heavy atom. The summed E-state index contributed by atoms with van der Waals surface area (Å²) in [5.74, 6) is -1.57. The zero-order valence-corrected chi connectivity index (χ0v) is 8.38. The van der Waals surface area contributed by atoms with Crippen LogP contribution in [0.25, 0.3) is 0 Å². The molecule has 3 N–H and O–H groups in total. The van der Waals surface area contributed by atoms with E-state index < -0.39 is 23.6 Å². The number of hydrogen-bond donors (Lipinski definition) is 3. The van der Waals surface area contributed by atoms with E-state index in [0.717, 1.165) is 0 Å². The topological polar surface area (TPSA) is 89.9 Å². The van der Waals surface area contributed by atoms with Gasteiger partial charge in [-0.3, -0.25) is 4.79 Å². The van der Waals surface area contributed by atoms with E-state index in [0.29, 0.717) is 19.3 Å². The van der Waals surface area contributed by atoms with Crippen LogP contribution >= 0.6 is 0 Å². The van der Waals surface area contributed by atoms with Crippen LogP contribution in [0.15, 0.2) is 0 Å². The molecule has 2 aliphatic rings. The third-order valence-corrected chi connectivity index (χ3v) is 3.60. The first-order chi connectivity index (χ1) is 7.07. The Bertz CT molecular complexity index is 308. The molecule has 2 aliphatic heterocycles. The molecule has 0 spiro atoms. The van der Waals surface area contributed by atoms with Crippen LogP contribution in [0.4, 0.5) is 0 Å². The van der Waals surface area contributed by atoms with Gasteiger partial charge in [0, 0.05) is 12.5 Å². The van der Waals surface area contributed by atoms with E-state index in [1.165, 1.54) is 4.90 Å². The molecule has 0 bridgehead atoms. The molecule has 4 atom stereocenters. The van der Waals surface area contributed by atoms with E-state index in [-0.39, 0.29) is 5.92 Å². The lowest BCUT2D eigenvalue weighted by atomic mass is 9.88. The minimum absolute atomic E-state index is 0.156. The van der Waals surface area contributed by atoms with Crippen LogP contribution in [-0.4, -0.2) is 45.7 Å². The summed E-state index contributed by atoms with van der Waals surface area (Å²) < 4.78 is 0. The number of aliphatic hydroxyl groups is 1. The molecule has 84 valence electrons. The van der Waals surface area contributed by atoms with Crippen molar-refractivity contribution >= 4 is 12.2 Å². The van der Waals surface area contributed by atoms with E-state index in [1.807, 2.05) is 5.48 Å². The van der Waals surface area contributed by atoms with E-state index >= 15 is 0 Å². The summed E-state index contributed by atoms with van der Waals surface area (Å²) in [4.78, 5) is 23.8. The molecule has 0 aromatic carbocycles. The minimum atomic E-state index is -1.43. The molecule has 0 saturated carbocycles. The van der Waals surface area contributed by atoms with Gasteiger partial charge < -0.3 is 20.0 Å². The van der Waals surface area contributed by atoms with Gasteiger partial charge in [-0.1, -0.05) is 6.92 Å². The lowest BCUT2D eigenvalue weighted by molar-refractivity contribution is -0.148. The second-order valence-corrected chi connectivity index (χ2v) is 4.23. The first kappa shape index (κ1) is 10.5. The van der Waals surface area contributed by atoms with Crippen LogP contribution in [0.3, 0.4) is 0 Å². The second-order valence-electron chi connectivity index (χ2n) is 4.23. The normalized spacial score (nSPS) is 44.6. The number of fused-ring (bicyclic) bond motifs is 1. The number of aldehydes is 1. The number of carbonyl (C=O) groups is 2. The van der Waals surface area contributed by atoms with Gasteiger partial charge in [-0.05, 0) is 6.42 Å². The van der Waals surface area contributed by atoms with Crippen molar-refractivity contribution in [2.45, 2.75) is 25.1 Å². The van der Waals surface area contributed by atoms with E-state index in [2.05, 4.69) is 0 Å². The number of nitrogens with zero attached hydrogens (tertiary/aromatic N) is 1. The van der Waals surface area contributed by atoms with E-state index in [9.17, 15) is 14.7 Å². The maximum Gasteiger partial charge on any atom is 0.237 e. The van der Waals surface area contributed by atoms with Crippen molar-refractivity contribution in [3.8, 4) is 0 Å². The highest BCUT2D eigenvalue weighted by molar-refractivity contribution is 5.95. The molecule has 1 amide bonds. The highest BCUT2D eigenvalue weighted by Gasteiger charge is 2.63. The van der Waals surface area contributed by atoms with Crippen molar-refractivity contribution < 1.29 is 19.9 Å². The average molecular weight is 214 g/mol. The SMILES string of the molecule is CC1CCN2C(=O)[C@@H](C=O)[C@@H](NO)[C@]12O. The molecule has 2 heterocycles. The Morgan fingerprint density at radius 3 is 2.87 bits per heavy atom. The number of carbonyl (C=O) groups excluding carboxylic acids is 2. The quantitative estimate of drug-likeness (QED) is 0.302. The van der Waals surface area contributed by atoms with Gasteiger partial charge in [0.05, 0.1) is 6.04 Å². The molecule has 1 unspecified atom stereocenters. The van der Waals surface area contributed by atoms with E-state index in [1.54, 1.807) is 6.92 Å². The van der Waals surface area contributed by atoms with Crippen molar-refractivity contribution in [1.82, 2.24) is 10.4 Å². The summed E-state index contributed by atoms with van der Waals surface area (Å²) in [6, 6.07) is -0.931. The van der Waals surface area contributed by atoms with Crippen molar-refractivity contribution in [2.24, 2.45) is 11.8 Å². The van der Waals surface area contributed by atoms with Crippen LogP contribution in [0.2, 0.25) is 0 Å². The summed E-state index contributed by atoms with van der Waals surface area (Å²) >= 11 is 0. The Kier molecular flexibility index (Phi) is 2.29. The number of hydroxylamine groups is 1. The van der Waals surface area contributed by atoms with Crippen LogP contribution in [-0.2, 0) is 9.59 Å². The van der Waals surface area contributed by atoms with Crippen LogP contribution in [0, 0.1) is 11.8 Å². The molecule has 0 aliphatic carbocycles. The fourth-order valence-electron chi connectivity index (χ4n) is 2.64. The van der Waals surface area contributed by atoms with Crippen LogP contribution < -0.4 is 5.48 Å². The van der Waals surface area contributed by atoms with Gasteiger partial charge in [-0.25, -0.2) is 0 Å². The van der Waals surface area contributed by atoms with Crippen molar-refractivity contribution in [2.75, 3.05) is 6.54 Å². The maximum atomic E-state index is 11.7. The molecule has 2 fully saturated rings. The smallest absolute Gasteiger partial charge is 0.237 e. The fraction of sp³-hybridized carbons (Fsp3) is 0.778. The molecule has 0 aromatic heterocycles. The predicted molar refractivity (Wildman–Crippen MR) is 48.7 cm³/mol. The first-order valence-corrected chi connectivity index (χ1v) is 4.96. The van der Waals surface area contributed by atoms with Crippen molar-refractivity contribution in [1.29, 1.82) is 0 Å².